The molecule has 0 bridgehead atoms. The lowest BCUT2D eigenvalue weighted by molar-refractivity contribution is -0.148. The molecule has 0 aliphatic carbocycles. The van der Waals surface area contributed by atoms with Crippen molar-refractivity contribution in [1.29, 1.82) is 0 Å². The third-order valence-electron chi connectivity index (χ3n) is 2.93. The predicted molar refractivity (Wildman–Crippen MR) is 69.2 cm³/mol. The van der Waals surface area contributed by atoms with Crippen LogP contribution in [0.3, 0.4) is 0 Å². The highest BCUT2D eigenvalue weighted by Gasteiger charge is 2.53. The molecule has 1 aromatic rings. The molecule has 5 nitrogen and oxygen atoms in total. The number of para-hydroxylation sites is 1. The number of carboxylic acids is 1. The molecular formula is C12H10F3NO4S. The first-order valence-electron chi connectivity index (χ1n) is 5.63. The van der Waals surface area contributed by atoms with E-state index < -0.39 is 33.8 Å². The van der Waals surface area contributed by atoms with Gasteiger partial charge in [-0.05, 0) is 17.7 Å². The molecule has 0 amide bonds. The number of alkyl halides is 3. The van der Waals surface area contributed by atoms with Crippen LogP contribution in [-0.2, 0) is 14.8 Å². The molecule has 0 saturated heterocycles. The van der Waals surface area contributed by atoms with E-state index in [1.807, 2.05) is 0 Å². The van der Waals surface area contributed by atoms with Gasteiger partial charge in [-0.15, -0.1) is 0 Å². The molecule has 0 unspecified atom stereocenters. The zero-order valence-corrected chi connectivity index (χ0v) is 11.4. The number of rotatable bonds is 2. The monoisotopic (exact) mass is 321 g/mol. The molecule has 9 heteroatoms. The van der Waals surface area contributed by atoms with E-state index in [0.29, 0.717) is 6.26 Å². The Morgan fingerprint density at radius 1 is 1.29 bits per heavy atom. The van der Waals surface area contributed by atoms with Gasteiger partial charge in [0.05, 0.1) is 17.5 Å². The van der Waals surface area contributed by atoms with Crippen molar-refractivity contribution in [2.75, 3.05) is 10.6 Å². The van der Waals surface area contributed by atoms with Gasteiger partial charge in [-0.25, -0.2) is 13.2 Å². The number of hydrogen-bond acceptors (Lipinski definition) is 3. The Morgan fingerprint density at radius 2 is 1.86 bits per heavy atom. The molecule has 1 aliphatic heterocycles. The lowest BCUT2D eigenvalue weighted by Gasteiger charge is -2.36. The summed E-state index contributed by atoms with van der Waals surface area (Å²) >= 11 is 0. The number of fused-ring (bicyclic) bond motifs is 1. The van der Waals surface area contributed by atoms with Gasteiger partial charge in [-0.2, -0.15) is 13.2 Å². The summed E-state index contributed by atoms with van der Waals surface area (Å²) in [4.78, 5) is 11.1. The minimum absolute atomic E-state index is 0.0980. The van der Waals surface area contributed by atoms with E-state index in [1.54, 1.807) is 0 Å². The average Bonchev–Trinajstić information content (AvgIpc) is 2.33. The second-order valence-corrected chi connectivity index (χ2v) is 6.33. The van der Waals surface area contributed by atoms with Crippen LogP contribution in [0.1, 0.15) is 5.56 Å². The fourth-order valence-electron chi connectivity index (χ4n) is 2.18. The predicted octanol–water partition coefficient (Wildman–Crippen LogP) is 1.87. The van der Waals surface area contributed by atoms with Crippen LogP contribution < -0.4 is 4.31 Å². The van der Waals surface area contributed by atoms with Crippen LogP contribution in [0.5, 0.6) is 0 Å². The zero-order valence-electron chi connectivity index (χ0n) is 10.6. The highest BCUT2D eigenvalue weighted by molar-refractivity contribution is 7.92. The Labute approximate surface area is 118 Å². The van der Waals surface area contributed by atoms with Crippen molar-refractivity contribution in [2.45, 2.75) is 12.2 Å². The number of carbonyl (C=O) groups is 1. The Hall–Kier alpha value is -2.03. The van der Waals surface area contributed by atoms with E-state index in [1.165, 1.54) is 24.3 Å². The molecular weight excluding hydrogens is 311 g/mol. The summed E-state index contributed by atoms with van der Waals surface area (Å²) in [7, 11) is -4.33. The van der Waals surface area contributed by atoms with E-state index in [-0.39, 0.29) is 15.6 Å². The van der Waals surface area contributed by atoms with Crippen LogP contribution in [0, 0.1) is 0 Å². The molecule has 0 radical (unpaired) electrons. The Balaban J connectivity index is 2.81. The Kier molecular flexibility index (Phi) is 3.48. The van der Waals surface area contributed by atoms with Crippen LogP contribution in [0.25, 0.3) is 6.08 Å². The zero-order chi connectivity index (χ0) is 16.0. The number of halogens is 3. The van der Waals surface area contributed by atoms with Gasteiger partial charge in [-0.3, -0.25) is 4.31 Å². The molecule has 1 atom stereocenters. The maximum absolute atomic E-state index is 13.2. The van der Waals surface area contributed by atoms with E-state index in [9.17, 15) is 26.4 Å². The molecule has 1 heterocycles. The number of sulfonamides is 1. The molecule has 21 heavy (non-hydrogen) atoms. The van der Waals surface area contributed by atoms with Gasteiger partial charge in [0.2, 0.25) is 10.0 Å². The number of nitrogens with zero attached hydrogens (tertiary/aromatic N) is 1. The summed E-state index contributed by atoms with van der Waals surface area (Å²) < 4.78 is 63.3. The van der Waals surface area contributed by atoms with Crippen molar-refractivity contribution >= 4 is 27.8 Å². The second kappa shape index (κ2) is 4.76. The van der Waals surface area contributed by atoms with Crippen LogP contribution in [0.2, 0.25) is 0 Å². The third-order valence-corrected chi connectivity index (χ3v) is 4.05. The summed E-state index contributed by atoms with van der Waals surface area (Å²) in [6.45, 7) is 0. The lowest BCUT2D eigenvalue weighted by atomic mass is 9.97. The summed E-state index contributed by atoms with van der Waals surface area (Å²) in [6, 6.07) is 2.65. The van der Waals surface area contributed by atoms with Crippen LogP contribution in [0.4, 0.5) is 18.9 Å². The minimum atomic E-state index is -5.05. The standard InChI is InChI=1S/C12H10F3NO4S/c1-21(19,20)16-9-5-3-2-4-7(9)6-8(11(17)18)10(16)12(13,14)15/h2-6,10H,1H3,(H,17,18)/t10-/m0/s1. The first kappa shape index (κ1) is 15.4. The van der Waals surface area contributed by atoms with Crippen LogP contribution >= 0.6 is 0 Å². The van der Waals surface area contributed by atoms with Crippen molar-refractivity contribution in [1.82, 2.24) is 0 Å². The summed E-state index contributed by atoms with van der Waals surface area (Å²) in [5, 5.41) is 8.99. The van der Waals surface area contributed by atoms with Crippen molar-refractivity contribution in [3.63, 3.8) is 0 Å². The first-order valence-corrected chi connectivity index (χ1v) is 7.48. The van der Waals surface area contributed by atoms with Crippen molar-refractivity contribution < 1.29 is 31.5 Å². The maximum Gasteiger partial charge on any atom is 0.414 e. The SMILES string of the molecule is CS(=O)(=O)N1c2ccccc2C=C(C(=O)O)[C@H]1C(F)(F)F. The van der Waals surface area contributed by atoms with Gasteiger partial charge >= 0.3 is 12.1 Å². The Morgan fingerprint density at radius 3 is 2.33 bits per heavy atom. The normalized spacial score (nSPS) is 19.0. The summed E-state index contributed by atoms with van der Waals surface area (Å²) in [5.41, 5.74) is -1.14. The maximum atomic E-state index is 13.2. The Bertz CT molecular complexity index is 724. The average molecular weight is 321 g/mol. The van der Waals surface area contributed by atoms with Gasteiger partial charge in [0.1, 0.15) is 0 Å². The van der Waals surface area contributed by atoms with Gasteiger partial charge in [0.15, 0.2) is 6.04 Å². The number of carboxylic acid groups (broad SMARTS) is 1. The number of hydrogen-bond donors (Lipinski definition) is 1. The molecule has 1 aromatic carbocycles. The number of anilines is 1. The van der Waals surface area contributed by atoms with Crippen LogP contribution in [-0.4, -0.2) is 38.0 Å². The molecule has 0 saturated carbocycles. The van der Waals surface area contributed by atoms with Gasteiger partial charge < -0.3 is 5.11 Å². The number of aliphatic carboxylic acids is 1. The quantitative estimate of drug-likeness (QED) is 0.902. The van der Waals surface area contributed by atoms with E-state index in [2.05, 4.69) is 0 Å². The summed E-state index contributed by atoms with van der Waals surface area (Å²) in [5.74, 6) is -1.82. The van der Waals surface area contributed by atoms with E-state index >= 15 is 0 Å². The number of benzene rings is 1. The first-order chi connectivity index (χ1) is 9.53. The van der Waals surface area contributed by atoms with Crippen LogP contribution in [0.15, 0.2) is 29.8 Å². The van der Waals surface area contributed by atoms with Crippen molar-refractivity contribution in [3.8, 4) is 0 Å². The molecule has 0 aromatic heterocycles. The van der Waals surface area contributed by atoms with E-state index in [4.69, 9.17) is 5.11 Å². The minimum Gasteiger partial charge on any atom is -0.478 e. The topological polar surface area (TPSA) is 74.7 Å². The second-order valence-electron chi connectivity index (χ2n) is 4.47. The van der Waals surface area contributed by atoms with Gasteiger partial charge in [0.25, 0.3) is 0 Å². The molecule has 114 valence electrons. The van der Waals surface area contributed by atoms with Gasteiger partial charge in [0, 0.05) is 0 Å². The lowest BCUT2D eigenvalue weighted by Crippen LogP contribution is -2.52. The molecule has 2 rings (SSSR count). The third kappa shape index (κ3) is 2.73. The highest BCUT2D eigenvalue weighted by Crippen LogP contribution is 2.41. The fraction of sp³-hybridized carbons (Fsp3) is 0.250. The largest absolute Gasteiger partial charge is 0.478 e. The highest BCUT2D eigenvalue weighted by atomic mass is 32.2. The molecule has 1 aliphatic rings. The van der Waals surface area contributed by atoms with Crippen molar-refractivity contribution in [2.24, 2.45) is 0 Å². The van der Waals surface area contributed by atoms with Gasteiger partial charge in [-0.1, -0.05) is 18.2 Å². The molecule has 0 spiro atoms. The summed E-state index contributed by atoms with van der Waals surface area (Å²) in [6.07, 6.45) is -3.61. The van der Waals surface area contributed by atoms with E-state index in [0.717, 1.165) is 6.08 Å². The van der Waals surface area contributed by atoms with Crippen molar-refractivity contribution in [3.05, 3.63) is 35.4 Å². The molecule has 0 fully saturated rings. The fourth-order valence-corrected chi connectivity index (χ4v) is 3.32. The smallest absolute Gasteiger partial charge is 0.414 e. The molecule has 1 N–H and O–H groups in total.